The summed E-state index contributed by atoms with van der Waals surface area (Å²) >= 11 is 0. The molecule has 0 aliphatic rings. The first kappa shape index (κ1) is 22.1. The van der Waals surface area contributed by atoms with E-state index < -0.39 is 11.9 Å². The zero-order chi connectivity index (χ0) is 22.1. The highest BCUT2D eigenvalue weighted by molar-refractivity contribution is 5.93. The number of carbonyl (C=O) groups excluding carboxylic acids is 2. The number of aromatic nitrogens is 1. The largest absolute Gasteiger partial charge is 0.490 e. The Kier molecular flexibility index (Phi) is 7.81. The molecule has 2 aromatic carbocycles. The van der Waals surface area contributed by atoms with Gasteiger partial charge in [0.1, 0.15) is 0 Å². The van der Waals surface area contributed by atoms with Crippen LogP contribution >= 0.6 is 0 Å². The van der Waals surface area contributed by atoms with Gasteiger partial charge in [-0.25, -0.2) is 0 Å². The second-order valence-electron chi connectivity index (χ2n) is 6.73. The Bertz CT molecular complexity index is 1050. The van der Waals surface area contributed by atoms with Crippen molar-refractivity contribution in [1.82, 2.24) is 4.98 Å². The van der Waals surface area contributed by atoms with Crippen molar-refractivity contribution in [3.05, 3.63) is 60.3 Å². The number of hydrogen-bond acceptors (Lipinski definition) is 6. The first-order valence-electron chi connectivity index (χ1n) is 10.3. The number of fused-ring (bicyclic) bond motifs is 1. The minimum atomic E-state index is -0.452. The molecular formula is C24H26N2O5. The maximum Gasteiger partial charge on any atom is 0.306 e. The van der Waals surface area contributed by atoms with Gasteiger partial charge in [0, 0.05) is 29.3 Å². The molecule has 0 aliphatic carbocycles. The summed E-state index contributed by atoms with van der Waals surface area (Å²) in [5.41, 5.74) is 2.22. The Morgan fingerprint density at radius 3 is 2.52 bits per heavy atom. The van der Waals surface area contributed by atoms with Crippen molar-refractivity contribution in [3.63, 3.8) is 0 Å². The van der Waals surface area contributed by atoms with Gasteiger partial charge >= 0.3 is 5.97 Å². The number of nitrogens with one attached hydrogen (secondary N) is 1. The van der Waals surface area contributed by atoms with E-state index >= 15 is 0 Å². The fraction of sp³-hybridized carbons (Fsp3) is 0.292. The number of ether oxygens (including phenoxy) is 3. The Balaban J connectivity index is 1.47. The third-order valence-electron chi connectivity index (χ3n) is 4.43. The summed E-state index contributed by atoms with van der Waals surface area (Å²) in [5, 5.41) is 3.74. The van der Waals surface area contributed by atoms with Crippen molar-refractivity contribution in [2.45, 2.75) is 26.7 Å². The fourth-order valence-corrected chi connectivity index (χ4v) is 3.02. The highest BCUT2D eigenvalue weighted by Gasteiger charge is 2.11. The first-order chi connectivity index (χ1) is 15.1. The molecular weight excluding hydrogens is 396 g/mol. The third-order valence-corrected chi connectivity index (χ3v) is 4.43. The van der Waals surface area contributed by atoms with Gasteiger partial charge in [-0.15, -0.1) is 0 Å². The maximum atomic E-state index is 12.1. The molecule has 162 valence electrons. The molecule has 0 aliphatic heterocycles. The Morgan fingerprint density at radius 1 is 0.935 bits per heavy atom. The number of pyridine rings is 1. The fourth-order valence-electron chi connectivity index (χ4n) is 3.02. The van der Waals surface area contributed by atoms with Crippen LogP contribution in [0.1, 0.15) is 26.0 Å². The monoisotopic (exact) mass is 422 g/mol. The standard InChI is InChI=1S/C24H26N2O5/c1-3-29-21-13-11-19(15-22(21)30-4-2)26-23(27)16-31-24(28)14-12-18-10-9-17-7-5-6-8-20(17)25-18/h5-11,13,15H,3-4,12,14,16H2,1-2H3,(H,26,27). The number of anilines is 1. The molecule has 1 heterocycles. The molecule has 3 aromatic rings. The number of aryl methyl sites for hydroxylation is 1. The molecule has 0 radical (unpaired) electrons. The number of amides is 1. The first-order valence-corrected chi connectivity index (χ1v) is 10.3. The SMILES string of the molecule is CCOc1ccc(NC(=O)COC(=O)CCc2ccc3ccccc3n2)cc1OCC. The molecule has 0 saturated heterocycles. The van der Waals surface area contributed by atoms with Crippen LogP contribution in [0, 0.1) is 0 Å². The van der Waals surface area contributed by atoms with E-state index in [4.69, 9.17) is 14.2 Å². The summed E-state index contributed by atoms with van der Waals surface area (Å²) in [6, 6.07) is 16.8. The Labute approximate surface area is 181 Å². The maximum absolute atomic E-state index is 12.1. The van der Waals surface area contributed by atoms with Crippen LogP contribution in [0.3, 0.4) is 0 Å². The normalized spacial score (nSPS) is 10.5. The highest BCUT2D eigenvalue weighted by Crippen LogP contribution is 2.30. The van der Waals surface area contributed by atoms with Crippen molar-refractivity contribution in [2.75, 3.05) is 25.1 Å². The van der Waals surface area contributed by atoms with E-state index in [2.05, 4.69) is 10.3 Å². The van der Waals surface area contributed by atoms with E-state index in [0.717, 1.165) is 16.6 Å². The lowest BCUT2D eigenvalue weighted by Crippen LogP contribution is -2.21. The molecule has 1 N–H and O–H groups in total. The molecule has 0 atom stereocenters. The van der Waals surface area contributed by atoms with E-state index in [1.807, 2.05) is 50.2 Å². The zero-order valence-corrected chi connectivity index (χ0v) is 17.7. The molecule has 0 spiro atoms. The summed E-state index contributed by atoms with van der Waals surface area (Å²) in [5.74, 6) is 0.272. The minimum absolute atomic E-state index is 0.149. The average molecular weight is 422 g/mol. The number of para-hydroxylation sites is 1. The second kappa shape index (κ2) is 11.0. The minimum Gasteiger partial charge on any atom is -0.490 e. The summed E-state index contributed by atoms with van der Waals surface area (Å²) in [6.45, 7) is 4.38. The molecule has 1 amide bonds. The smallest absolute Gasteiger partial charge is 0.306 e. The molecule has 7 heteroatoms. The summed E-state index contributed by atoms with van der Waals surface area (Å²) < 4.78 is 16.1. The molecule has 0 unspecified atom stereocenters. The van der Waals surface area contributed by atoms with E-state index in [-0.39, 0.29) is 13.0 Å². The summed E-state index contributed by atoms with van der Waals surface area (Å²) in [4.78, 5) is 28.7. The van der Waals surface area contributed by atoms with Gasteiger partial charge in [0.05, 0.1) is 25.2 Å². The van der Waals surface area contributed by atoms with Crippen LogP contribution in [0.15, 0.2) is 54.6 Å². The van der Waals surface area contributed by atoms with E-state index in [1.165, 1.54) is 0 Å². The Morgan fingerprint density at radius 2 is 1.71 bits per heavy atom. The number of hydrogen-bond donors (Lipinski definition) is 1. The van der Waals surface area contributed by atoms with Crippen molar-refractivity contribution in [2.24, 2.45) is 0 Å². The van der Waals surface area contributed by atoms with Gasteiger partial charge in [-0.05, 0) is 38.1 Å². The topological polar surface area (TPSA) is 86.8 Å². The molecule has 7 nitrogen and oxygen atoms in total. The van der Waals surface area contributed by atoms with E-state index in [1.54, 1.807) is 18.2 Å². The van der Waals surface area contributed by atoms with Gasteiger partial charge in [0.25, 0.3) is 5.91 Å². The van der Waals surface area contributed by atoms with Crippen molar-refractivity contribution >= 4 is 28.5 Å². The van der Waals surface area contributed by atoms with Crippen LogP contribution in [-0.2, 0) is 20.7 Å². The lowest BCUT2D eigenvalue weighted by atomic mass is 10.1. The zero-order valence-electron chi connectivity index (χ0n) is 17.7. The van der Waals surface area contributed by atoms with Gasteiger partial charge in [-0.1, -0.05) is 24.3 Å². The molecule has 1 aromatic heterocycles. The second-order valence-corrected chi connectivity index (χ2v) is 6.73. The predicted molar refractivity (Wildman–Crippen MR) is 118 cm³/mol. The van der Waals surface area contributed by atoms with E-state index in [0.29, 0.717) is 36.8 Å². The Hall–Kier alpha value is -3.61. The number of nitrogens with zero attached hydrogens (tertiary/aromatic N) is 1. The number of rotatable bonds is 10. The van der Waals surface area contributed by atoms with Crippen LogP contribution in [-0.4, -0.2) is 36.7 Å². The summed E-state index contributed by atoms with van der Waals surface area (Å²) in [6.07, 6.45) is 0.595. The summed E-state index contributed by atoms with van der Waals surface area (Å²) in [7, 11) is 0. The lowest BCUT2D eigenvalue weighted by molar-refractivity contribution is -0.147. The van der Waals surface area contributed by atoms with Gasteiger partial charge in [0.2, 0.25) is 0 Å². The van der Waals surface area contributed by atoms with Crippen LogP contribution in [0.4, 0.5) is 5.69 Å². The van der Waals surface area contributed by atoms with Crippen LogP contribution in [0.25, 0.3) is 10.9 Å². The average Bonchev–Trinajstić information content (AvgIpc) is 2.78. The quantitative estimate of drug-likeness (QED) is 0.494. The van der Waals surface area contributed by atoms with Crippen molar-refractivity contribution in [3.8, 4) is 11.5 Å². The van der Waals surface area contributed by atoms with Crippen molar-refractivity contribution in [1.29, 1.82) is 0 Å². The van der Waals surface area contributed by atoms with Gasteiger partial charge in [-0.2, -0.15) is 0 Å². The highest BCUT2D eigenvalue weighted by atomic mass is 16.5. The number of esters is 1. The third kappa shape index (κ3) is 6.44. The number of benzene rings is 2. The molecule has 0 saturated carbocycles. The number of carbonyl (C=O) groups is 2. The molecule has 3 rings (SSSR count). The molecule has 0 bridgehead atoms. The van der Waals surface area contributed by atoms with E-state index in [9.17, 15) is 9.59 Å². The van der Waals surface area contributed by atoms with Crippen LogP contribution < -0.4 is 14.8 Å². The van der Waals surface area contributed by atoms with Crippen LogP contribution in [0.5, 0.6) is 11.5 Å². The molecule has 0 fully saturated rings. The van der Waals surface area contributed by atoms with Gasteiger partial charge in [-0.3, -0.25) is 14.6 Å². The predicted octanol–water partition coefficient (Wildman–Crippen LogP) is 4.15. The molecule has 31 heavy (non-hydrogen) atoms. The lowest BCUT2D eigenvalue weighted by Gasteiger charge is -2.13. The van der Waals surface area contributed by atoms with Gasteiger partial charge < -0.3 is 19.5 Å². The van der Waals surface area contributed by atoms with Crippen molar-refractivity contribution < 1.29 is 23.8 Å². The van der Waals surface area contributed by atoms with Gasteiger partial charge in [0.15, 0.2) is 18.1 Å². The van der Waals surface area contributed by atoms with Crippen LogP contribution in [0.2, 0.25) is 0 Å².